The molecule has 0 spiro atoms. The van der Waals surface area contributed by atoms with Crippen LogP contribution >= 0.6 is 0 Å². The van der Waals surface area contributed by atoms with Crippen molar-refractivity contribution in [3.63, 3.8) is 0 Å². The Kier molecular flexibility index (Phi) is 5.16. The summed E-state index contributed by atoms with van der Waals surface area (Å²) in [6.07, 6.45) is 7.55. The van der Waals surface area contributed by atoms with Crippen LogP contribution in [0.25, 0.3) is 0 Å². The fourth-order valence-corrected chi connectivity index (χ4v) is 4.08. The van der Waals surface area contributed by atoms with E-state index in [1.54, 1.807) is 0 Å². The second-order valence-electron chi connectivity index (χ2n) is 7.15. The van der Waals surface area contributed by atoms with Gasteiger partial charge in [-0.05, 0) is 44.9 Å². The Hall–Kier alpha value is -2.24. The van der Waals surface area contributed by atoms with Crippen LogP contribution in [-0.2, 0) is 19.2 Å². The van der Waals surface area contributed by atoms with Gasteiger partial charge in [-0.3, -0.25) is 24.5 Å². The molecule has 1 fully saturated rings. The third kappa shape index (κ3) is 3.89. The molecule has 0 aromatic rings. The molecule has 6 nitrogen and oxygen atoms in total. The van der Waals surface area contributed by atoms with Crippen LogP contribution in [0.2, 0.25) is 0 Å². The van der Waals surface area contributed by atoms with E-state index in [1.807, 2.05) is 6.08 Å². The first-order valence-electron chi connectivity index (χ1n) is 8.97. The van der Waals surface area contributed by atoms with Gasteiger partial charge in [-0.15, -0.1) is 0 Å². The van der Waals surface area contributed by atoms with Gasteiger partial charge in [0.05, 0.1) is 0 Å². The van der Waals surface area contributed by atoms with Gasteiger partial charge in [0.1, 0.15) is 0 Å². The number of carboxylic acids is 1. The van der Waals surface area contributed by atoms with E-state index in [2.05, 4.69) is 5.32 Å². The van der Waals surface area contributed by atoms with Gasteiger partial charge >= 0.3 is 5.97 Å². The summed E-state index contributed by atoms with van der Waals surface area (Å²) in [6, 6.07) is 0. The van der Waals surface area contributed by atoms with Crippen molar-refractivity contribution in [1.29, 1.82) is 0 Å². The summed E-state index contributed by atoms with van der Waals surface area (Å²) in [5.74, 6) is -2.04. The zero-order valence-electron chi connectivity index (χ0n) is 14.2. The Morgan fingerprint density at radius 3 is 2.64 bits per heavy atom. The van der Waals surface area contributed by atoms with E-state index in [-0.39, 0.29) is 29.9 Å². The van der Waals surface area contributed by atoms with Gasteiger partial charge in [-0.2, -0.15) is 0 Å². The molecule has 0 aromatic carbocycles. The molecule has 1 saturated heterocycles. The van der Waals surface area contributed by atoms with Crippen molar-refractivity contribution in [3.8, 4) is 0 Å². The smallest absolute Gasteiger partial charge is 0.303 e. The molecule has 3 rings (SSSR count). The Morgan fingerprint density at radius 1 is 1.12 bits per heavy atom. The van der Waals surface area contributed by atoms with E-state index in [4.69, 9.17) is 5.11 Å². The number of piperidine rings is 1. The quantitative estimate of drug-likeness (QED) is 0.568. The third-order valence-corrected chi connectivity index (χ3v) is 5.45. The number of imide groups is 1. The Balaban J connectivity index is 1.61. The molecule has 1 heterocycles. The lowest BCUT2D eigenvalue weighted by Crippen LogP contribution is -2.44. The fourth-order valence-electron chi connectivity index (χ4n) is 4.08. The van der Waals surface area contributed by atoms with Crippen molar-refractivity contribution < 1.29 is 24.3 Å². The van der Waals surface area contributed by atoms with Crippen molar-refractivity contribution in [2.45, 2.75) is 57.8 Å². The summed E-state index contributed by atoms with van der Waals surface area (Å²) in [5, 5.41) is 11.0. The van der Waals surface area contributed by atoms with Crippen LogP contribution in [0.3, 0.4) is 0 Å². The number of nitrogens with one attached hydrogen (secondary N) is 1. The van der Waals surface area contributed by atoms with E-state index in [1.165, 1.54) is 5.57 Å². The van der Waals surface area contributed by atoms with Gasteiger partial charge in [0, 0.05) is 30.3 Å². The third-order valence-electron chi connectivity index (χ3n) is 5.45. The van der Waals surface area contributed by atoms with Crippen LogP contribution in [0.1, 0.15) is 57.8 Å². The SMILES string of the molecule is O=C(O)CCCCC1=CC2=C(CC1)CC(C1CCC(=O)NC1=O)C2=O. The zero-order valence-corrected chi connectivity index (χ0v) is 14.2. The maximum atomic E-state index is 12.8. The van der Waals surface area contributed by atoms with E-state index in [0.717, 1.165) is 36.8 Å². The van der Waals surface area contributed by atoms with Crippen LogP contribution in [-0.4, -0.2) is 28.7 Å². The van der Waals surface area contributed by atoms with E-state index in [9.17, 15) is 19.2 Å². The molecular weight excluding hydrogens is 322 g/mol. The molecule has 2 N–H and O–H groups in total. The summed E-state index contributed by atoms with van der Waals surface area (Å²) in [6.45, 7) is 0. The molecule has 6 heteroatoms. The highest BCUT2D eigenvalue weighted by Gasteiger charge is 2.42. The van der Waals surface area contributed by atoms with Crippen LogP contribution in [0.5, 0.6) is 0 Å². The molecule has 2 unspecified atom stereocenters. The van der Waals surface area contributed by atoms with Gasteiger partial charge in [0.25, 0.3) is 0 Å². The first-order valence-corrected chi connectivity index (χ1v) is 8.97. The van der Waals surface area contributed by atoms with E-state index in [0.29, 0.717) is 25.7 Å². The molecule has 1 aliphatic heterocycles. The number of carbonyl (C=O) groups is 4. The molecule has 0 bridgehead atoms. The number of hydrogen-bond acceptors (Lipinski definition) is 4. The lowest BCUT2D eigenvalue weighted by molar-refractivity contribution is -0.140. The average Bonchev–Trinajstić information content (AvgIpc) is 2.88. The lowest BCUT2D eigenvalue weighted by Gasteiger charge is -2.25. The van der Waals surface area contributed by atoms with Crippen LogP contribution in [0.15, 0.2) is 22.8 Å². The Morgan fingerprint density at radius 2 is 1.92 bits per heavy atom. The number of rotatable bonds is 6. The molecule has 0 saturated carbocycles. The average molecular weight is 345 g/mol. The molecule has 2 aliphatic carbocycles. The zero-order chi connectivity index (χ0) is 18.0. The molecule has 3 aliphatic rings. The Labute approximate surface area is 146 Å². The summed E-state index contributed by atoms with van der Waals surface area (Å²) < 4.78 is 0. The molecule has 2 amide bonds. The summed E-state index contributed by atoms with van der Waals surface area (Å²) in [4.78, 5) is 46.7. The number of Topliss-reactive ketones (excluding diaryl/α,β-unsaturated/α-hetero) is 1. The van der Waals surface area contributed by atoms with Gasteiger partial charge < -0.3 is 5.11 Å². The number of amides is 2. The number of unbranched alkanes of at least 4 members (excludes halogenated alkanes) is 1. The van der Waals surface area contributed by atoms with Crippen molar-refractivity contribution >= 4 is 23.6 Å². The number of ketones is 1. The number of carbonyl (C=O) groups excluding carboxylic acids is 3. The highest BCUT2D eigenvalue weighted by atomic mass is 16.4. The molecule has 25 heavy (non-hydrogen) atoms. The first-order chi connectivity index (χ1) is 12.0. The molecule has 2 atom stereocenters. The minimum Gasteiger partial charge on any atom is -0.481 e. The standard InChI is InChI=1S/C19H23NO5/c21-16-8-7-13(19(25)20-16)15-10-12-6-5-11(9-14(12)18(15)24)3-1-2-4-17(22)23/h9,13,15H,1-8,10H2,(H,22,23)(H,20,21,25). The maximum absolute atomic E-state index is 12.8. The number of hydrogen-bond donors (Lipinski definition) is 2. The largest absolute Gasteiger partial charge is 0.481 e. The first kappa shape index (κ1) is 17.6. The van der Waals surface area contributed by atoms with Crippen molar-refractivity contribution in [1.82, 2.24) is 5.32 Å². The van der Waals surface area contributed by atoms with E-state index >= 15 is 0 Å². The highest BCUT2D eigenvalue weighted by Crippen LogP contribution is 2.42. The molecule has 0 radical (unpaired) electrons. The predicted octanol–water partition coefficient (Wildman–Crippen LogP) is 2.29. The predicted molar refractivity (Wildman–Crippen MR) is 89.4 cm³/mol. The highest BCUT2D eigenvalue weighted by molar-refractivity contribution is 6.07. The maximum Gasteiger partial charge on any atom is 0.303 e. The molecule has 0 aromatic heterocycles. The van der Waals surface area contributed by atoms with Gasteiger partial charge in [0.2, 0.25) is 11.8 Å². The lowest BCUT2D eigenvalue weighted by atomic mass is 9.82. The monoisotopic (exact) mass is 345 g/mol. The summed E-state index contributed by atoms with van der Waals surface area (Å²) in [7, 11) is 0. The fraction of sp³-hybridized carbons (Fsp3) is 0.579. The topological polar surface area (TPSA) is 101 Å². The summed E-state index contributed by atoms with van der Waals surface area (Å²) in [5.41, 5.74) is 3.09. The number of aliphatic carboxylic acids is 1. The van der Waals surface area contributed by atoms with Crippen molar-refractivity contribution in [2.75, 3.05) is 0 Å². The van der Waals surface area contributed by atoms with Gasteiger partial charge in [0.15, 0.2) is 5.78 Å². The van der Waals surface area contributed by atoms with Crippen molar-refractivity contribution in [3.05, 3.63) is 22.8 Å². The van der Waals surface area contributed by atoms with Crippen LogP contribution < -0.4 is 5.32 Å². The Bertz CT molecular complexity index is 688. The van der Waals surface area contributed by atoms with Gasteiger partial charge in [-0.1, -0.05) is 17.2 Å². The van der Waals surface area contributed by atoms with Crippen molar-refractivity contribution in [2.24, 2.45) is 11.8 Å². The van der Waals surface area contributed by atoms with E-state index < -0.39 is 11.9 Å². The second-order valence-corrected chi connectivity index (χ2v) is 7.15. The number of carboxylic acid groups (broad SMARTS) is 1. The molecular formula is C19H23NO5. The minimum atomic E-state index is -0.777. The van der Waals surface area contributed by atoms with Crippen LogP contribution in [0.4, 0.5) is 0 Å². The normalized spacial score (nSPS) is 26.4. The van der Waals surface area contributed by atoms with Gasteiger partial charge in [-0.25, -0.2) is 0 Å². The minimum absolute atomic E-state index is 0.0345. The summed E-state index contributed by atoms with van der Waals surface area (Å²) >= 11 is 0. The van der Waals surface area contributed by atoms with Crippen LogP contribution in [0, 0.1) is 11.8 Å². The molecule has 134 valence electrons. The second kappa shape index (κ2) is 7.33. The number of allylic oxidation sites excluding steroid dienone is 4.